The molecule has 19 heavy (non-hydrogen) atoms. The molecule has 0 aliphatic carbocycles. The van der Waals surface area contributed by atoms with E-state index in [9.17, 15) is 5.11 Å². The zero-order valence-electron chi connectivity index (χ0n) is 12.1. The highest BCUT2D eigenvalue weighted by molar-refractivity contribution is 5.48. The van der Waals surface area contributed by atoms with E-state index < -0.39 is 0 Å². The highest BCUT2D eigenvalue weighted by Crippen LogP contribution is 2.17. The second-order valence-electron chi connectivity index (χ2n) is 4.66. The molecule has 0 spiro atoms. The number of hydrogen-bond acceptors (Lipinski definition) is 6. The van der Waals surface area contributed by atoms with Gasteiger partial charge in [0.15, 0.2) is 0 Å². The second-order valence-corrected chi connectivity index (χ2v) is 4.66. The maximum atomic E-state index is 9.27. The first-order valence-electron chi connectivity index (χ1n) is 6.59. The van der Waals surface area contributed by atoms with E-state index in [0.717, 1.165) is 18.2 Å². The molecule has 3 N–H and O–H groups in total. The Morgan fingerprint density at radius 3 is 2.53 bits per heavy atom. The summed E-state index contributed by atoms with van der Waals surface area (Å²) in [4.78, 5) is 8.90. The van der Waals surface area contributed by atoms with Crippen LogP contribution in [-0.4, -0.2) is 48.0 Å². The van der Waals surface area contributed by atoms with Crippen LogP contribution in [0.2, 0.25) is 0 Å². The zero-order chi connectivity index (χ0) is 14.3. The Kier molecular flexibility index (Phi) is 6.52. The van der Waals surface area contributed by atoms with E-state index in [1.54, 1.807) is 7.11 Å². The first-order valence-corrected chi connectivity index (χ1v) is 6.59. The molecule has 6 heteroatoms. The van der Waals surface area contributed by atoms with Crippen molar-refractivity contribution in [3.05, 3.63) is 11.9 Å². The van der Waals surface area contributed by atoms with Gasteiger partial charge in [0.05, 0.1) is 19.3 Å². The smallest absolute Gasteiger partial charge is 0.135 e. The number of aromatic nitrogens is 2. The summed E-state index contributed by atoms with van der Waals surface area (Å²) >= 11 is 0. The fourth-order valence-corrected chi connectivity index (χ4v) is 1.62. The minimum absolute atomic E-state index is 0.00854. The van der Waals surface area contributed by atoms with Crippen LogP contribution in [0.5, 0.6) is 0 Å². The molecule has 0 fully saturated rings. The average molecular weight is 268 g/mol. The predicted molar refractivity (Wildman–Crippen MR) is 76.7 cm³/mol. The Bertz CT molecular complexity index is 385. The van der Waals surface area contributed by atoms with Crippen molar-refractivity contribution in [1.82, 2.24) is 9.97 Å². The molecule has 1 aromatic rings. The summed E-state index contributed by atoms with van der Waals surface area (Å²) in [5, 5.41) is 15.6. The van der Waals surface area contributed by atoms with Crippen molar-refractivity contribution < 1.29 is 9.84 Å². The molecule has 0 aliphatic heterocycles. The minimum atomic E-state index is -0.172. The minimum Gasteiger partial charge on any atom is -0.394 e. The summed E-state index contributed by atoms with van der Waals surface area (Å²) in [5.74, 6) is 2.51. The lowest BCUT2D eigenvalue weighted by molar-refractivity contribution is 0.153. The zero-order valence-corrected chi connectivity index (χ0v) is 12.1. The molecule has 0 radical (unpaired) electrons. The molecule has 108 valence electrons. The molecular formula is C13H24N4O2. The number of methoxy groups -OCH3 is 1. The van der Waals surface area contributed by atoms with Crippen LogP contribution < -0.4 is 10.6 Å². The molecule has 1 atom stereocenters. The van der Waals surface area contributed by atoms with Gasteiger partial charge < -0.3 is 20.5 Å². The van der Waals surface area contributed by atoms with Gasteiger partial charge >= 0.3 is 0 Å². The van der Waals surface area contributed by atoms with Crippen molar-refractivity contribution >= 4 is 11.6 Å². The lowest BCUT2D eigenvalue weighted by Crippen LogP contribution is -2.29. The van der Waals surface area contributed by atoms with Gasteiger partial charge in [0, 0.05) is 25.6 Å². The van der Waals surface area contributed by atoms with Gasteiger partial charge in [-0.15, -0.1) is 0 Å². The van der Waals surface area contributed by atoms with Gasteiger partial charge in [-0.25, -0.2) is 9.97 Å². The van der Waals surface area contributed by atoms with Crippen LogP contribution in [0.1, 0.15) is 32.5 Å². The van der Waals surface area contributed by atoms with Crippen LogP contribution in [0.3, 0.4) is 0 Å². The largest absolute Gasteiger partial charge is 0.394 e. The van der Waals surface area contributed by atoms with Gasteiger partial charge in [0.2, 0.25) is 0 Å². The Labute approximate surface area is 114 Å². The number of ether oxygens (including phenoxy) is 1. The van der Waals surface area contributed by atoms with Crippen molar-refractivity contribution in [2.45, 2.75) is 32.7 Å². The molecule has 0 saturated heterocycles. The SMILES string of the molecule is CCNc1cc(NC(CO)COC)nc(C(C)C)n1. The first-order chi connectivity index (χ1) is 9.10. The molecule has 1 aromatic heterocycles. The fraction of sp³-hybridized carbons (Fsp3) is 0.692. The number of aliphatic hydroxyl groups is 1. The third-order valence-electron chi connectivity index (χ3n) is 2.56. The van der Waals surface area contributed by atoms with Crippen LogP contribution in [0, 0.1) is 0 Å². The molecule has 1 rings (SSSR count). The van der Waals surface area contributed by atoms with E-state index in [1.165, 1.54) is 0 Å². The van der Waals surface area contributed by atoms with Crippen molar-refractivity contribution in [3.63, 3.8) is 0 Å². The number of nitrogens with zero attached hydrogens (tertiary/aromatic N) is 2. The molecule has 0 aromatic carbocycles. The molecule has 6 nitrogen and oxygen atoms in total. The van der Waals surface area contributed by atoms with Gasteiger partial charge in [-0.3, -0.25) is 0 Å². The van der Waals surface area contributed by atoms with Crippen LogP contribution in [0.15, 0.2) is 6.07 Å². The molecule has 1 unspecified atom stereocenters. The van der Waals surface area contributed by atoms with Gasteiger partial charge in [0.1, 0.15) is 17.5 Å². The van der Waals surface area contributed by atoms with Gasteiger partial charge in [-0.05, 0) is 6.92 Å². The van der Waals surface area contributed by atoms with Crippen molar-refractivity contribution in [3.8, 4) is 0 Å². The summed E-state index contributed by atoms with van der Waals surface area (Å²) in [6.07, 6.45) is 0. The summed E-state index contributed by atoms with van der Waals surface area (Å²) in [7, 11) is 1.61. The third kappa shape index (κ3) is 5.00. The highest BCUT2D eigenvalue weighted by atomic mass is 16.5. The van der Waals surface area contributed by atoms with E-state index in [2.05, 4.69) is 20.6 Å². The van der Waals surface area contributed by atoms with Crippen LogP contribution in [-0.2, 0) is 4.74 Å². The quantitative estimate of drug-likeness (QED) is 0.662. The molecule has 0 amide bonds. The van der Waals surface area contributed by atoms with Crippen molar-refractivity contribution in [2.75, 3.05) is 37.5 Å². The molecular weight excluding hydrogens is 244 g/mol. The van der Waals surface area contributed by atoms with Crippen molar-refractivity contribution in [2.24, 2.45) is 0 Å². The average Bonchev–Trinajstić information content (AvgIpc) is 2.38. The van der Waals surface area contributed by atoms with Crippen LogP contribution in [0.25, 0.3) is 0 Å². The summed E-state index contributed by atoms with van der Waals surface area (Å²) in [6.45, 7) is 7.34. The van der Waals surface area contributed by atoms with E-state index in [4.69, 9.17) is 4.74 Å². The predicted octanol–water partition coefficient (Wildman–Crippen LogP) is 1.45. The topological polar surface area (TPSA) is 79.3 Å². The number of hydrogen-bond donors (Lipinski definition) is 3. The first kappa shape index (κ1) is 15.7. The molecule has 0 aliphatic rings. The monoisotopic (exact) mass is 268 g/mol. The Morgan fingerprint density at radius 1 is 1.32 bits per heavy atom. The number of anilines is 2. The summed E-state index contributed by atoms with van der Waals surface area (Å²) in [5.41, 5.74) is 0. The Balaban J connectivity index is 2.91. The Morgan fingerprint density at radius 2 is 2.00 bits per heavy atom. The normalized spacial score (nSPS) is 12.5. The van der Waals surface area contributed by atoms with Gasteiger partial charge in [-0.1, -0.05) is 13.8 Å². The van der Waals surface area contributed by atoms with Gasteiger partial charge in [-0.2, -0.15) is 0 Å². The second kappa shape index (κ2) is 7.91. The van der Waals surface area contributed by atoms with Crippen LogP contribution >= 0.6 is 0 Å². The maximum Gasteiger partial charge on any atom is 0.135 e. The van der Waals surface area contributed by atoms with E-state index in [0.29, 0.717) is 12.4 Å². The van der Waals surface area contributed by atoms with Gasteiger partial charge in [0.25, 0.3) is 0 Å². The lowest BCUT2D eigenvalue weighted by Gasteiger charge is -2.17. The lowest BCUT2D eigenvalue weighted by atomic mass is 10.2. The standard InChI is InChI=1S/C13H24N4O2/c1-5-14-11-6-12(15-10(7-18)8-19-4)17-13(16-11)9(2)3/h6,9-10,18H,5,7-8H2,1-4H3,(H2,14,15,16,17). The fourth-order valence-electron chi connectivity index (χ4n) is 1.62. The number of aliphatic hydroxyl groups excluding tert-OH is 1. The molecule has 1 heterocycles. The van der Waals surface area contributed by atoms with E-state index in [-0.39, 0.29) is 18.6 Å². The Hall–Kier alpha value is -1.40. The summed E-state index contributed by atoms with van der Waals surface area (Å²) in [6, 6.07) is 1.67. The number of nitrogens with one attached hydrogen (secondary N) is 2. The van der Waals surface area contributed by atoms with Crippen molar-refractivity contribution in [1.29, 1.82) is 0 Å². The van der Waals surface area contributed by atoms with E-state index >= 15 is 0 Å². The van der Waals surface area contributed by atoms with Crippen LogP contribution in [0.4, 0.5) is 11.6 Å². The van der Waals surface area contributed by atoms with E-state index in [1.807, 2.05) is 26.8 Å². The highest BCUT2D eigenvalue weighted by Gasteiger charge is 2.11. The molecule has 0 bridgehead atoms. The third-order valence-corrected chi connectivity index (χ3v) is 2.56. The molecule has 0 saturated carbocycles. The maximum absolute atomic E-state index is 9.27. The summed E-state index contributed by atoms with van der Waals surface area (Å²) < 4.78 is 5.04. The number of rotatable bonds is 8.